The number of esters is 1. The summed E-state index contributed by atoms with van der Waals surface area (Å²) in [6.07, 6.45) is 6.09. The van der Waals surface area contributed by atoms with Crippen molar-refractivity contribution in [3.05, 3.63) is 12.2 Å². The molecule has 0 N–H and O–H groups in total. The second-order valence-corrected chi connectivity index (χ2v) is 3.13. The molecule has 0 aliphatic carbocycles. The Morgan fingerprint density at radius 3 is 2.86 bits per heavy atom. The van der Waals surface area contributed by atoms with Crippen molar-refractivity contribution < 1.29 is 9.53 Å². The number of hydrogen-bond donors (Lipinski definition) is 0. The number of unbranched alkanes of at least 4 members (excludes halogenated alkanes) is 1. The molecule has 2 heteroatoms. The Morgan fingerprint density at radius 2 is 2.29 bits per heavy atom. The highest BCUT2D eigenvalue weighted by Crippen LogP contribution is 2.01. The molecule has 0 amide bonds. The summed E-state index contributed by atoms with van der Waals surface area (Å²) in [5.41, 5.74) is 0. The topological polar surface area (TPSA) is 26.3 Å². The van der Waals surface area contributed by atoms with Gasteiger partial charge in [-0.2, -0.15) is 0 Å². The van der Waals surface area contributed by atoms with E-state index in [0.717, 1.165) is 19.3 Å². The molecule has 78 valence electrons. The van der Waals surface area contributed by atoms with Gasteiger partial charge in [-0.25, -0.2) is 4.79 Å². The van der Waals surface area contributed by atoms with E-state index in [1.54, 1.807) is 6.08 Å². The zero-order valence-electron chi connectivity index (χ0n) is 9.17. The first-order valence-electron chi connectivity index (χ1n) is 4.93. The van der Waals surface area contributed by atoms with Gasteiger partial charge in [-0.3, -0.25) is 0 Å². The van der Waals surface area contributed by atoms with E-state index in [9.17, 15) is 4.79 Å². The molecule has 1 atom stereocenters. The van der Waals surface area contributed by atoms with Crippen LogP contribution in [0.15, 0.2) is 12.2 Å². The first kappa shape index (κ1) is 12.8. The van der Waals surface area contributed by atoms with Gasteiger partial charge in [0.1, 0.15) is 0 Å². The number of allylic oxidation sites excluding steroid dienone is 1. The van der Waals surface area contributed by atoms with Gasteiger partial charge in [0.05, 0.1) is 7.11 Å². The number of ether oxygens (including phenoxy) is 1. The molecular weight excluding hydrogens is 176 g/mol. The lowest BCUT2D eigenvalue weighted by Gasteiger charge is -1.96. The van der Waals surface area contributed by atoms with Crippen molar-refractivity contribution in [2.75, 3.05) is 7.11 Å². The molecule has 0 aliphatic heterocycles. The maximum Gasteiger partial charge on any atom is 0.330 e. The van der Waals surface area contributed by atoms with Crippen LogP contribution in [0, 0.1) is 17.8 Å². The lowest BCUT2D eigenvalue weighted by atomic mass is 10.1. The van der Waals surface area contributed by atoms with Gasteiger partial charge in [-0.05, 0) is 12.8 Å². The van der Waals surface area contributed by atoms with E-state index in [2.05, 4.69) is 23.5 Å². The van der Waals surface area contributed by atoms with Crippen molar-refractivity contribution in [2.24, 2.45) is 5.92 Å². The SMILES string of the molecule is CCCC#CC(C)C/C=C/C(=O)OC. The van der Waals surface area contributed by atoms with Crippen LogP contribution in [-0.2, 0) is 9.53 Å². The summed E-state index contributed by atoms with van der Waals surface area (Å²) in [6, 6.07) is 0. The molecule has 0 fully saturated rings. The van der Waals surface area contributed by atoms with E-state index in [4.69, 9.17) is 0 Å². The third-order valence-electron chi connectivity index (χ3n) is 1.67. The van der Waals surface area contributed by atoms with E-state index < -0.39 is 0 Å². The van der Waals surface area contributed by atoms with Crippen LogP contribution in [0.4, 0.5) is 0 Å². The largest absolute Gasteiger partial charge is 0.466 e. The Bertz CT molecular complexity index is 243. The lowest BCUT2D eigenvalue weighted by Crippen LogP contribution is -1.94. The van der Waals surface area contributed by atoms with Crippen molar-refractivity contribution in [2.45, 2.75) is 33.1 Å². The first-order chi connectivity index (χ1) is 6.70. The monoisotopic (exact) mass is 194 g/mol. The summed E-state index contributed by atoms with van der Waals surface area (Å²) in [5, 5.41) is 0. The molecule has 0 radical (unpaired) electrons. The number of carbonyl (C=O) groups excluding carboxylic acids is 1. The van der Waals surface area contributed by atoms with Crippen LogP contribution >= 0.6 is 0 Å². The third-order valence-corrected chi connectivity index (χ3v) is 1.67. The van der Waals surface area contributed by atoms with Crippen LogP contribution in [-0.4, -0.2) is 13.1 Å². The molecule has 0 aliphatic rings. The zero-order chi connectivity index (χ0) is 10.8. The Hall–Kier alpha value is -1.23. The van der Waals surface area contributed by atoms with Gasteiger partial charge in [-0.15, -0.1) is 5.92 Å². The number of methoxy groups -OCH3 is 1. The second kappa shape index (κ2) is 8.37. The molecule has 0 rings (SSSR count). The van der Waals surface area contributed by atoms with E-state index in [0.29, 0.717) is 5.92 Å². The predicted octanol–water partition coefficient (Wildman–Crippen LogP) is 2.55. The minimum atomic E-state index is -0.307. The molecule has 0 bridgehead atoms. The fourth-order valence-electron chi connectivity index (χ4n) is 0.867. The first-order valence-corrected chi connectivity index (χ1v) is 4.93. The Balaban J connectivity index is 3.74. The lowest BCUT2D eigenvalue weighted by molar-refractivity contribution is -0.134. The summed E-state index contributed by atoms with van der Waals surface area (Å²) in [4.78, 5) is 10.7. The molecule has 0 aromatic heterocycles. The van der Waals surface area contributed by atoms with Gasteiger partial charge < -0.3 is 4.74 Å². The minimum Gasteiger partial charge on any atom is -0.466 e. The van der Waals surface area contributed by atoms with Crippen LogP contribution in [0.3, 0.4) is 0 Å². The maximum atomic E-state index is 10.7. The summed E-state index contributed by atoms with van der Waals surface area (Å²) in [6.45, 7) is 4.15. The van der Waals surface area contributed by atoms with Gasteiger partial charge in [0.15, 0.2) is 0 Å². The molecule has 0 saturated carbocycles. The summed E-state index contributed by atoms with van der Waals surface area (Å²) in [7, 11) is 1.37. The maximum absolute atomic E-state index is 10.7. The molecule has 0 heterocycles. The third kappa shape index (κ3) is 7.42. The van der Waals surface area contributed by atoms with E-state index in [-0.39, 0.29) is 5.97 Å². The number of hydrogen-bond acceptors (Lipinski definition) is 2. The molecule has 1 unspecified atom stereocenters. The van der Waals surface area contributed by atoms with Crippen LogP contribution in [0.5, 0.6) is 0 Å². The standard InChI is InChI=1S/C12H18O2/c1-4-5-6-8-11(2)9-7-10-12(13)14-3/h7,10-11H,4-5,9H2,1-3H3/b10-7+. The van der Waals surface area contributed by atoms with Gasteiger partial charge in [0, 0.05) is 18.4 Å². The number of carbonyl (C=O) groups is 1. The van der Waals surface area contributed by atoms with Crippen molar-refractivity contribution in [3.63, 3.8) is 0 Å². The summed E-state index contributed by atoms with van der Waals surface area (Å²) >= 11 is 0. The fourth-order valence-corrected chi connectivity index (χ4v) is 0.867. The molecular formula is C12H18O2. The van der Waals surface area contributed by atoms with E-state index in [1.165, 1.54) is 13.2 Å². The molecule has 0 aromatic rings. The van der Waals surface area contributed by atoms with Crippen molar-refractivity contribution in [1.82, 2.24) is 0 Å². The van der Waals surface area contributed by atoms with Gasteiger partial charge in [0.2, 0.25) is 0 Å². The second-order valence-electron chi connectivity index (χ2n) is 3.13. The molecule has 2 nitrogen and oxygen atoms in total. The van der Waals surface area contributed by atoms with E-state index >= 15 is 0 Å². The average Bonchev–Trinajstić information content (AvgIpc) is 2.18. The Kier molecular flexibility index (Phi) is 7.64. The van der Waals surface area contributed by atoms with Gasteiger partial charge >= 0.3 is 5.97 Å². The zero-order valence-corrected chi connectivity index (χ0v) is 9.17. The highest BCUT2D eigenvalue weighted by molar-refractivity contribution is 5.81. The van der Waals surface area contributed by atoms with Crippen molar-refractivity contribution in [1.29, 1.82) is 0 Å². The Morgan fingerprint density at radius 1 is 1.57 bits per heavy atom. The quantitative estimate of drug-likeness (QED) is 0.390. The normalized spacial score (nSPS) is 11.9. The highest BCUT2D eigenvalue weighted by atomic mass is 16.5. The van der Waals surface area contributed by atoms with Gasteiger partial charge in [-0.1, -0.05) is 25.8 Å². The van der Waals surface area contributed by atoms with Gasteiger partial charge in [0.25, 0.3) is 0 Å². The molecule has 0 saturated heterocycles. The minimum absolute atomic E-state index is 0.307. The van der Waals surface area contributed by atoms with Crippen LogP contribution in [0.25, 0.3) is 0 Å². The Labute approximate surface area is 86.3 Å². The number of rotatable bonds is 4. The summed E-state index contributed by atoms with van der Waals surface area (Å²) < 4.78 is 4.47. The van der Waals surface area contributed by atoms with Crippen LogP contribution in [0.2, 0.25) is 0 Å². The molecule has 14 heavy (non-hydrogen) atoms. The van der Waals surface area contributed by atoms with E-state index in [1.807, 2.05) is 6.92 Å². The predicted molar refractivity (Wildman–Crippen MR) is 57.6 cm³/mol. The molecule has 0 aromatic carbocycles. The smallest absolute Gasteiger partial charge is 0.330 e. The molecule has 0 spiro atoms. The summed E-state index contributed by atoms with van der Waals surface area (Å²) in [5.74, 6) is 6.21. The van der Waals surface area contributed by atoms with Crippen LogP contribution in [0.1, 0.15) is 33.1 Å². The average molecular weight is 194 g/mol. The van der Waals surface area contributed by atoms with Crippen molar-refractivity contribution >= 4 is 5.97 Å². The highest BCUT2D eigenvalue weighted by Gasteiger charge is 1.94. The fraction of sp³-hybridized carbons (Fsp3) is 0.583. The van der Waals surface area contributed by atoms with Crippen molar-refractivity contribution in [3.8, 4) is 11.8 Å². The van der Waals surface area contributed by atoms with Crippen LogP contribution < -0.4 is 0 Å².